The second-order valence-electron chi connectivity index (χ2n) is 2.80. The van der Waals surface area contributed by atoms with Gasteiger partial charge in [-0.1, -0.05) is 0 Å². The van der Waals surface area contributed by atoms with Crippen molar-refractivity contribution in [3.63, 3.8) is 0 Å². The molecule has 1 saturated heterocycles. The molecular formula is C7H14O4. The molecule has 0 aromatic carbocycles. The summed E-state index contributed by atoms with van der Waals surface area (Å²) in [5, 5.41) is 18.4. The van der Waals surface area contributed by atoms with Gasteiger partial charge in [-0.15, -0.1) is 0 Å². The molecule has 1 heterocycles. The summed E-state index contributed by atoms with van der Waals surface area (Å²) >= 11 is 0. The normalized spacial score (nSPS) is 45.8. The molecular weight excluding hydrogens is 148 g/mol. The molecule has 0 amide bonds. The number of hydrogen-bond donors (Lipinski definition) is 2. The van der Waals surface area contributed by atoms with Gasteiger partial charge in [0.15, 0.2) is 6.29 Å². The molecule has 4 nitrogen and oxygen atoms in total. The van der Waals surface area contributed by atoms with Crippen LogP contribution < -0.4 is 0 Å². The van der Waals surface area contributed by atoms with Crippen LogP contribution in [0.4, 0.5) is 0 Å². The average Bonchev–Trinajstić information content (AvgIpc) is 1.85. The van der Waals surface area contributed by atoms with Crippen LogP contribution >= 0.6 is 0 Å². The van der Waals surface area contributed by atoms with Crippen molar-refractivity contribution in [1.29, 1.82) is 0 Å². The van der Waals surface area contributed by atoms with E-state index in [-0.39, 0.29) is 18.6 Å². The molecule has 66 valence electrons. The number of hydrogen-bond acceptors (Lipinski definition) is 4. The van der Waals surface area contributed by atoms with Crippen LogP contribution in [0.25, 0.3) is 0 Å². The zero-order valence-corrected chi connectivity index (χ0v) is 6.73. The summed E-state index contributed by atoms with van der Waals surface area (Å²) in [5.41, 5.74) is 0. The first-order valence-corrected chi connectivity index (χ1v) is 3.69. The van der Waals surface area contributed by atoms with Gasteiger partial charge in [0.1, 0.15) is 6.10 Å². The third-order valence-electron chi connectivity index (χ3n) is 1.93. The second kappa shape index (κ2) is 3.49. The van der Waals surface area contributed by atoms with Crippen molar-refractivity contribution in [2.24, 2.45) is 0 Å². The Morgan fingerprint density at radius 1 is 1.45 bits per heavy atom. The fourth-order valence-electron chi connectivity index (χ4n) is 1.38. The van der Waals surface area contributed by atoms with Crippen LogP contribution in [0.1, 0.15) is 13.3 Å². The Labute approximate surface area is 65.7 Å². The fraction of sp³-hybridized carbons (Fsp3) is 1.00. The third kappa shape index (κ3) is 1.90. The van der Waals surface area contributed by atoms with Crippen LogP contribution in [0.2, 0.25) is 0 Å². The van der Waals surface area contributed by atoms with E-state index in [0.717, 1.165) is 0 Å². The van der Waals surface area contributed by atoms with Crippen LogP contribution in [-0.4, -0.2) is 41.9 Å². The number of methoxy groups -OCH3 is 1. The Balaban J connectivity index is 2.52. The van der Waals surface area contributed by atoms with E-state index in [1.165, 1.54) is 7.11 Å². The van der Waals surface area contributed by atoms with Gasteiger partial charge in [-0.05, 0) is 6.92 Å². The number of aliphatic hydroxyl groups excluding tert-OH is 2. The van der Waals surface area contributed by atoms with Crippen molar-refractivity contribution < 1.29 is 19.7 Å². The van der Waals surface area contributed by atoms with E-state index in [1.807, 2.05) is 0 Å². The fourth-order valence-corrected chi connectivity index (χ4v) is 1.38. The van der Waals surface area contributed by atoms with Gasteiger partial charge in [0.2, 0.25) is 0 Å². The van der Waals surface area contributed by atoms with Crippen molar-refractivity contribution in [3.8, 4) is 0 Å². The summed E-state index contributed by atoms with van der Waals surface area (Å²) in [7, 11) is 1.52. The second-order valence-corrected chi connectivity index (χ2v) is 2.80. The van der Waals surface area contributed by atoms with Crippen molar-refractivity contribution in [2.45, 2.75) is 37.9 Å². The zero-order valence-electron chi connectivity index (χ0n) is 6.73. The summed E-state index contributed by atoms with van der Waals surface area (Å²) in [6, 6.07) is 0. The maximum absolute atomic E-state index is 9.34. The molecule has 1 aliphatic heterocycles. The molecule has 0 saturated carbocycles. The molecule has 0 radical (unpaired) electrons. The summed E-state index contributed by atoms with van der Waals surface area (Å²) in [6.45, 7) is 1.76. The smallest absolute Gasteiger partial charge is 0.157 e. The topological polar surface area (TPSA) is 58.9 Å². The highest BCUT2D eigenvalue weighted by molar-refractivity contribution is 4.80. The zero-order chi connectivity index (χ0) is 8.43. The molecule has 0 aromatic heterocycles. The molecule has 1 aliphatic rings. The van der Waals surface area contributed by atoms with Gasteiger partial charge in [0.25, 0.3) is 0 Å². The first kappa shape index (κ1) is 8.93. The molecule has 4 heteroatoms. The third-order valence-corrected chi connectivity index (χ3v) is 1.93. The summed E-state index contributed by atoms with van der Waals surface area (Å²) in [4.78, 5) is 0. The van der Waals surface area contributed by atoms with Gasteiger partial charge >= 0.3 is 0 Å². The van der Waals surface area contributed by atoms with E-state index in [9.17, 15) is 5.11 Å². The molecule has 4 atom stereocenters. The predicted octanol–water partition coefficient (Wildman–Crippen LogP) is -0.510. The van der Waals surface area contributed by atoms with Gasteiger partial charge in [-0.2, -0.15) is 0 Å². The molecule has 1 rings (SSSR count). The molecule has 0 unspecified atom stereocenters. The highest BCUT2D eigenvalue weighted by Crippen LogP contribution is 2.20. The SMILES string of the molecule is CO[C@@H]1[C@H](O)C[C@H](O)O[C@@H]1C. The quantitative estimate of drug-likeness (QED) is 0.545. The molecule has 11 heavy (non-hydrogen) atoms. The lowest BCUT2D eigenvalue weighted by Crippen LogP contribution is -2.47. The van der Waals surface area contributed by atoms with Crippen LogP contribution in [0.5, 0.6) is 0 Å². The molecule has 2 N–H and O–H groups in total. The van der Waals surface area contributed by atoms with Gasteiger partial charge in [-0.25, -0.2) is 0 Å². The maximum atomic E-state index is 9.34. The molecule has 0 aromatic rings. The minimum absolute atomic E-state index is 0.225. The lowest BCUT2D eigenvalue weighted by molar-refractivity contribution is -0.232. The molecule has 1 fully saturated rings. The largest absolute Gasteiger partial charge is 0.390 e. The van der Waals surface area contributed by atoms with E-state index < -0.39 is 12.4 Å². The van der Waals surface area contributed by atoms with Gasteiger partial charge in [0, 0.05) is 13.5 Å². The van der Waals surface area contributed by atoms with Gasteiger partial charge < -0.3 is 19.7 Å². The first-order valence-electron chi connectivity index (χ1n) is 3.69. The van der Waals surface area contributed by atoms with Crippen molar-refractivity contribution in [3.05, 3.63) is 0 Å². The van der Waals surface area contributed by atoms with E-state index >= 15 is 0 Å². The molecule has 0 aliphatic carbocycles. The maximum Gasteiger partial charge on any atom is 0.157 e. The monoisotopic (exact) mass is 162 g/mol. The van der Waals surface area contributed by atoms with Crippen molar-refractivity contribution in [1.82, 2.24) is 0 Å². The lowest BCUT2D eigenvalue weighted by Gasteiger charge is -2.34. The minimum atomic E-state index is -0.855. The Kier molecular flexibility index (Phi) is 2.84. The highest BCUT2D eigenvalue weighted by Gasteiger charge is 2.34. The Morgan fingerprint density at radius 3 is 2.55 bits per heavy atom. The standard InChI is InChI=1S/C7H14O4/c1-4-7(10-2)5(8)3-6(9)11-4/h4-9H,3H2,1-2H3/t4-,5-,6-,7+/m1/s1. The summed E-state index contributed by atoms with van der Waals surface area (Å²) in [6.07, 6.45) is -1.83. The van der Waals surface area contributed by atoms with E-state index in [0.29, 0.717) is 0 Å². The molecule has 0 bridgehead atoms. The molecule has 0 spiro atoms. The van der Waals surface area contributed by atoms with E-state index in [4.69, 9.17) is 14.6 Å². The average molecular weight is 162 g/mol. The van der Waals surface area contributed by atoms with Crippen LogP contribution in [0.15, 0.2) is 0 Å². The number of ether oxygens (including phenoxy) is 2. The van der Waals surface area contributed by atoms with Crippen LogP contribution in [-0.2, 0) is 9.47 Å². The lowest BCUT2D eigenvalue weighted by atomic mass is 10.0. The summed E-state index contributed by atoms with van der Waals surface area (Å²) in [5.74, 6) is 0. The van der Waals surface area contributed by atoms with Crippen LogP contribution in [0, 0.1) is 0 Å². The van der Waals surface area contributed by atoms with E-state index in [2.05, 4.69) is 0 Å². The number of rotatable bonds is 1. The van der Waals surface area contributed by atoms with Gasteiger partial charge in [0.05, 0.1) is 12.2 Å². The van der Waals surface area contributed by atoms with Crippen LogP contribution in [0.3, 0.4) is 0 Å². The Morgan fingerprint density at radius 2 is 2.09 bits per heavy atom. The Bertz CT molecular complexity index is 116. The Hall–Kier alpha value is -0.160. The van der Waals surface area contributed by atoms with Crippen molar-refractivity contribution >= 4 is 0 Å². The summed E-state index contributed by atoms with van der Waals surface area (Å²) < 4.78 is 10.0. The highest BCUT2D eigenvalue weighted by atomic mass is 16.6. The first-order chi connectivity index (χ1) is 5.15. The van der Waals surface area contributed by atoms with Crippen molar-refractivity contribution in [2.75, 3.05) is 7.11 Å². The predicted molar refractivity (Wildman–Crippen MR) is 38.0 cm³/mol. The number of aliphatic hydroxyl groups is 2. The van der Waals surface area contributed by atoms with E-state index in [1.54, 1.807) is 6.92 Å². The van der Waals surface area contributed by atoms with Gasteiger partial charge in [-0.3, -0.25) is 0 Å². The minimum Gasteiger partial charge on any atom is -0.390 e.